The topological polar surface area (TPSA) is 145 Å². The van der Waals surface area contributed by atoms with Crippen LogP contribution in [0.3, 0.4) is 0 Å². The van der Waals surface area contributed by atoms with Crippen molar-refractivity contribution in [1.82, 2.24) is 13.9 Å². The quantitative estimate of drug-likeness (QED) is 0.170. The number of nitrogens with zero attached hydrogens (tertiary/aromatic N) is 2. The monoisotopic (exact) mass is 795 g/mol. The van der Waals surface area contributed by atoms with Crippen molar-refractivity contribution >= 4 is 56.2 Å². The molecule has 2 atom stereocenters. The van der Waals surface area contributed by atoms with Crippen LogP contribution in [0.25, 0.3) is 10.8 Å². The molecule has 2 N–H and O–H groups in total. The summed E-state index contributed by atoms with van der Waals surface area (Å²) in [5.74, 6) is 0.0883. The van der Waals surface area contributed by atoms with Crippen LogP contribution in [-0.2, 0) is 32.5 Å². The molecular formula is C42H41N3O7S3. The van der Waals surface area contributed by atoms with Crippen LogP contribution in [0.5, 0.6) is 0 Å². The number of thioether (sulfide) groups is 2. The number of aliphatic carboxylic acids is 1. The van der Waals surface area contributed by atoms with Gasteiger partial charge in [0.15, 0.2) is 0 Å². The molecule has 0 spiro atoms. The highest BCUT2D eigenvalue weighted by Gasteiger charge is 2.39. The van der Waals surface area contributed by atoms with Crippen LogP contribution in [0.15, 0.2) is 98.5 Å². The molecule has 2 fully saturated rings. The van der Waals surface area contributed by atoms with Crippen LogP contribution in [0, 0.1) is 6.92 Å². The maximum atomic E-state index is 13.1. The van der Waals surface area contributed by atoms with Gasteiger partial charge in [0.2, 0.25) is 10.0 Å². The van der Waals surface area contributed by atoms with Crippen molar-refractivity contribution in [2.24, 2.45) is 0 Å². The van der Waals surface area contributed by atoms with Gasteiger partial charge in [-0.15, -0.1) is 23.5 Å². The third kappa shape index (κ3) is 7.79. The number of carbonyl (C=O) groups excluding carboxylic acids is 1. The second-order valence-electron chi connectivity index (χ2n) is 15.0. The summed E-state index contributed by atoms with van der Waals surface area (Å²) in [6.45, 7) is 2.07. The highest BCUT2D eigenvalue weighted by molar-refractivity contribution is 7.99. The fourth-order valence-corrected chi connectivity index (χ4v) is 11.3. The molecule has 5 aromatic rings. The number of carboxylic acid groups (broad SMARTS) is 1. The molecule has 13 heteroatoms. The molecule has 4 aliphatic rings. The van der Waals surface area contributed by atoms with E-state index in [0.717, 1.165) is 70.5 Å². The Hall–Kier alpha value is -4.59. The number of carboxylic acids is 1. The van der Waals surface area contributed by atoms with E-state index >= 15 is 0 Å². The maximum absolute atomic E-state index is 13.1. The Balaban J connectivity index is 0.000000160. The van der Waals surface area contributed by atoms with Crippen LogP contribution >= 0.6 is 23.5 Å². The minimum atomic E-state index is -3.68. The fourth-order valence-electron chi connectivity index (χ4n) is 7.91. The Bertz CT molecular complexity index is 2600. The lowest BCUT2D eigenvalue weighted by Crippen LogP contribution is -2.39. The smallest absolute Gasteiger partial charge is 0.327 e. The molecule has 0 unspecified atom stereocenters. The zero-order valence-electron chi connectivity index (χ0n) is 30.5. The summed E-state index contributed by atoms with van der Waals surface area (Å²) >= 11 is 3.00. The van der Waals surface area contributed by atoms with Crippen LogP contribution in [0.2, 0.25) is 0 Å². The second kappa shape index (κ2) is 14.8. The van der Waals surface area contributed by atoms with Gasteiger partial charge in [-0.1, -0.05) is 72.3 Å². The second-order valence-corrected chi connectivity index (χ2v) is 18.7. The number of amides is 1. The Kier molecular flexibility index (Phi) is 10.1. The van der Waals surface area contributed by atoms with Gasteiger partial charge in [0.25, 0.3) is 17.0 Å². The van der Waals surface area contributed by atoms with Crippen molar-refractivity contribution in [3.05, 3.63) is 139 Å². The van der Waals surface area contributed by atoms with Gasteiger partial charge >= 0.3 is 5.97 Å². The van der Waals surface area contributed by atoms with Crippen molar-refractivity contribution in [3.63, 3.8) is 0 Å². The van der Waals surface area contributed by atoms with Gasteiger partial charge in [-0.05, 0) is 101 Å². The number of pyridine rings is 2. The van der Waals surface area contributed by atoms with Gasteiger partial charge in [0.05, 0.1) is 16.3 Å². The summed E-state index contributed by atoms with van der Waals surface area (Å²) in [5, 5.41) is 13.4. The Morgan fingerprint density at radius 3 is 1.91 bits per heavy atom. The van der Waals surface area contributed by atoms with Gasteiger partial charge < -0.3 is 5.11 Å². The number of hydrogen-bond donors (Lipinski definition) is 2. The predicted octanol–water partition coefficient (Wildman–Crippen LogP) is 6.55. The molecule has 0 bridgehead atoms. The number of fused-ring (bicyclic) bond motifs is 3. The highest BCUT2D eigenvalue weighted by Crippen LogP contribution is 2.50. The van der Waals surface area contributed by atoms with Crippen LogP contribution in [-0.4, -0.2) is 52.3 Å². The van der Waals surface area contributed by atoms with Crippen molar-refractivity contribution in [2.45, 2.75) is 79.4 Å². The first-order valence-electron chi connectivity index (χ1n) is 18.4. The molecule has 2 aliphatic heterocycles. The van der Waals surface area contributed by atoms with Gasteiger partial charge in [0, 0.05) is 23.6 Å². The van der Waals surface area contributed by atoms with E-state index in [0.29, 0.717) is 29.8 Å². The average Bonchev–Trinajstić information content (AvgIpc) is 4.05. The van der Waals surface area contributed by atoms with Gasteiger partial charge in [-0.3, -0.25) is 28.2 Å². The summed E-state index contributed by atoms with van der Waals surface area (Å²) in [6.07, 6.45) is 6.71. The Morgan fingerprint density at radius 2 is 1.31 bits per heavy atom. The maximum Gasteiger partial charge on any atom is 0.327 e. The van der Waals surface area contributed by atoms with Crippen molar-refractivity contribution in [3.8, 4) is 0 Å². The molecule has 0 saturated heterocycles. The lowest BCUT2D eigenvalue weighted by molar-refractivity contribution is -0.140. The van der Waals surface area contributed by atoms with E-state index in [1.54, 1.807) is 12.1 Å². The SMILES string of the molecule is CS(=O)(=O)NC(=O)[C@@H]1CSc2c(C3CC3)c(Cc3cccc4ccccc34)cc(=O)n21.Cc1cccc(Cc2cc(=O)n3c(c2C2CC2)SC[C@H]3C(=O)O)c1. The number of benzene rings is 3. The standard InChI is InChI=1S/C23H22N2O4S2.C19H19NO3S/c1-31(28,29)24-22(27)19-13-30-23-21(15-9-10-15)17(12-20(26)25(19)23)11-16-7-4-6-14-5-2-3-8-18(14)16;1-11-3-2-4-12(7-11)8-14-9-16(21)20-15(19(22)23)10-24-18(20)17(14)13-5-6-13/h2-8,12,15,19H,9-11,13H2,1H3,(H,24,27);2-4,7,9,13,15H,5-6,8,10H2,1H3,(H,22,23)/t19-;15-/m00/s1. The minimum absolute atomic E-state index is 0.186. The number of sulfonamides is 1. The molecule has 2 aromatic heterocycles. The summed E-state index contributed by atoms with van der Waals surface area (Å²) in [6, 6.07) is 24.5. The van der Waals surface area contributed by atoms with Crippen molar-refractivity contribution < 1.29 is 23.1 Å². The molecule has 284 valence electrons. The summed E-state index contributed by atoms with van der Waals surface area (Å²) in [7, 11) is -3.68. The van der Waals surface area contributed by atoms with E-state index in [9.17, 15) is 32.7 Å². The van der Waals surface area contributed by atoms with Crippen LogP contribution < -0.4 is 15.8 Å². The molecular weight excluding hydrogens is 755 g/mol. The number of rotatable bonds is 9. The molecule has 2 saturated carbocycles. The lowest BCUT2D eigenvalue weighted by Gasteiger charge is -2.18. The summed E-state index contributed by atoms with van der Waals surface area (Å²) in [5.41, 5.74) is 7.56. The third-order valence-electron chi connectivity index (χ3n) is 10.6. The first-order valence-corrected chi connectivity index (χ1v) is 22.3. The Morgan fingerprint density at radius 1 is 0.745 bits per heavy atom. The van der Waals surface area contributed by atoms with Crippen molar-refractivity contribution in [2.75, 3.05) is 17.8 Å². The normalized spacial score (nSPS) is 18.7. The number of carbonyl (C=O) groups is 2. The first kappa shape index (κ1) is 37.3. The van der Waals surface area contributed by atoms with E-state index in [1.807, 2.05) is 29.0 Å². The van der Waals surface area contributed by atoms with Crippen molar-refractivity contribution in [1.29, 1.82) is 0 Å². The lowest BCUT2D eigenvalue weighted by atomic mass is 9.95. The molecule has 2 aliphatic carbocycles. The first-order chi connectivity index (χ1) is 26.4. The molecule has 10 nitrogen and oxygen atoms in total. The number of aryl methyl sites for hydroxylation is 1. The van der Waals surface area contributed by atoms with Crippen LogP contribution in [0.4, 0.5) is 0 Å². The van der Waals surface area contributed by atoms with E-state index in [2.05, 4.69) is 49.4 Å². The number of hydrogen-bond acceptors (Lipinski definition) is 8. The fraction of sp³-hybridized carbons (Fsp3) is 0.333. The molecule has 4 heterocycles. The number of nitrogens with one attached hydrogen (secondary N) is 1. The largest absolute Gasteiger partial charge is 0.480 e. The van der Waals surface area contributed by atoms with E-state index in [-0.39, 0.29) is 11.1 Å². The summed E-state index contributed by atoms with van der Waals surface area (Å²) in [4.78, 5) is 49.7. The highest BCUT2D eigenvalue weighted by atomic mass is 32.2. The molecule has 55 heavy (non-hydrogen) atoms. The third-order valence-corrected chi connectivity index (χ3v) is 13.5. The Labute approximate surface area is 327 Å². The molecule has 3 aromatic carbocycles. The molecule has 1 amide bonds. The van der Waals surface area contributed by atoms with Gasteiger partial charge in [-0.25, -0.2) is 13.2 Å². The minimum Gasteiger partial charge on any atom is -0.480 e. The van der Waals surface area contributed by atoms with E-state index in [1.165, 1.54) is 60.3 Å². The van der Waals surface area contributed by atoms with Gasteiger partial charge in [0.1, 0.15) is 12.1 Å². The molecule has 9 rings (SSSR count). The predicted molar refractivity (Wildman–Crippen MR) is 216 cm³/mol. The zero-order valence-corrected chi connectivity index (χ0v) is 32.9. The average molecular weight is 796 g/mol. The summed E-state index contributed by atoms with van der Waals surface area (Å²) < 4.78 is 28.1. The molecule has 0 radical (unpaired) electrons. The van der Waals surface area contributed by atoms with Crippen LogP contribution in [0.1, 0.15) is 88.5 Å². The number of aromatic nitrogens is 2. The van der Waals surface area contributed by atoms with Gasteiger partial charge in [-0.2, -0.15) is 0 Å². The zero-order chi connectivity index (χ0) is 38.6. The van der Waals surface area contributed by atoms with E-state index < -0.39 is 34.0 Å². The van der Waals surface area contributed by atoms with E-state index in [4.69, 9.17) is 0 Å².